The lowest BCUT2D eigenvalue weighted by atomic mass is 9.93. The van der Waals surface area contributed by atoms with Crippen LogP contribution in [0.3, 0.4) is 0 Å². The zero-order chi connectivity index (χ0) is 27.3. The number of rotatable bonds is 16. The lowest BCUT2D eigenvalue weighted by Gasteiger charge is -2.37. The highest BCUT2D eigenvalue weighted by Crippen LogP contribution is 2.74. The second-order valence-corrected chi connectivity index (χ2v) is 12.5. The van der Waals surface area contributed by atoms with E-state index in [1.165, 1.54) is 13.3 Å². The van der Waals surface area contributed by atoms with E-state index in [9.17, 15) is 13.9 Å². The van der Waals surface area contributed by atoms with Crippen molar-refractivity contribution in [1.82, 2.24) is 0 Å². The van der Waals surface area contributed by atoms with Crippen molar-refractivity contribution < 1.29 is 36.8 Å². The monoisotopic (exact) mass is 553 g/mol. The molecule has 2 aromatic carbocycles. The third-order valence-electron chi connectivity index (χ3n) is 5.36. The van der Waals surface area contributed by atoms with Gasteiger partial charge >= 0.3 is 21.2 Å². The van der Waals surface area contributed by atoms with Crippen molar-refractivity contribution in [2.45, 2.75) is 45.1 Å². The van der Waals surface area contributed by atoms with E-state index < -0.39 is 38.5 Å². The molecule has 11 heteroatoms. The topological polar surface area (TPSA) is 110 Å². The molecule has 0 aliphatic rings. The molecule has 0 amide bonds. The minimum absolute atomic E-state index is 0.00368. The van der Waals surface area contributed by atoms with Gasteiger partial charge in [0.1, 0.15) is 0 Å². The Kier molecular flexibility index (Phi) is 12.9. The van der Waals surface area contributed by atoms with Crippen LogP contribution in [0.15, 0.2) is 65.7 Å². The van der Waals surface area contributed by atoms with Gasteiger partial charge in [0.25, 0.3) is 0 Å². The van der Waals surface area contributed by atoms with E-state index >= 15 is 0 Å². The molecule has 2 aromatic rings. The summed E-state index contributed by atoms with van der Waals surface area (Å²) in [6, 6.07) is 16.7. The number of benzene rings is 2. The second kappa shape index (κ2) is 15.3. The molecular formula is C26H37NO8P2. The predicted molar refractivity (Wildman–Crippen MR) is 145 cm³/mol. The highest BCUT2D eigenvalue weighted by molar-refractivity contribution is 7.72. The molecule has 0 spiro atoms. The molecule has 204 valence electrons. The predicted octanol–water partition coefficient (Wildman–Crippen LogP) is 6.29. The number of carbonyl (C=O) groups is 1. The fourth-order valence-corrected chi connectivity index (χ4v) is 9.83. The average Bonchev–Trinajstić information content (AvgIpc) is 2.89. The molecule has 0 saturated carbocycles. The van der Waals surface area contributed by atoms with E-state index in [0.717, 1.165) is 5.56 Å². The van der Waals surface area contributed by atoms with Crippen LogP contribution in [0.4, 0.5) is 0 Å². The van der Waals surface area contributed by atoms with Gasteiger partial charge in [0.05, 0.1) is 33.5 Å². The Balaban J connectivity index is 2.90. The first-order valence-electron chi connectivity index (χ1n) is 12.3. The van der Waals surface area contributed by atoms with Crippen LogP contribution in [0.2, 0.25) is 0 Å². The van der Waals surface area contributed by atoms with Crippen molar-refractivity contribution in [2.24, 2.45) is 4.99 Å². The highest BCUT2D eigenvalue weighted by Gasteiger charge is 2.58. The molecule has 0 N–H and O–H groups in total. The maximum absolute atomic E-state index is 14.4. The fourth-order valence-electron chi connectivity index (χ4n) is 3.99. The van der Waals surface area contributed by atoms with Gasteiger partial charge < -0.3 is 22.8 Å². The minimum Gasteiger partial charge on any atom is -0.467 e. The number of methoxy groups -OCH3 is 1. The summed E-state index contributed by atoms with van der Waals surface area (Å²) in [5.74, 6) is -1.83. The van der Waals surface area contributed by atoms with Gasteiger partial charge in [-0.15, -0.1) is 0 Å². The van der Waals surface area contributed by atoms with Gasteiger partial charge in [0, 0.05) is 12.1 Å². The number of carbonyl (C=O) groups excluding carboxylic acids is 1. The second-order valence-electron chi connectivity index (χ2n) is 7.76. The van der Waals surface area contributed by atoms with Gasteiger partial charge in [0.15, 0.2) is 11.4 Å². The lowest BCUT2D eigenvalue weighted by molar-refractivity contribution is -0.142. The SMILES string of the molecule is CCOP(=O)(OCC)C([C@H](c1ccccc1)[C@H](N=Cc1ccccc1)C(=O)OC)P(=O)(OCC)OCC. The third-order valence-corrected chi connectivity index (χ3v) is 11.5. The molecule has 0 fully saturated rings. The average molecular weight is 554 g/mol. The van der Waals surface area contributed by atoms with Crippen molar-refractivity contribution in [3.63, 3.8) is 0 Å². The Hall–Kier alpha value is -2.12. The highest BCUT2D eigenvalue weighted by atomic mass is 31.2. The molecule has 0 aromatic heterocycles. The standard InChI is InChI=1S/C26H37NO8P2/c1-6-32-36(29,33-7-2)26(37(30,34-8-3)35-9-4)23(22-18-14-11-15-19-22)24(25(28)31-5)27-20-21-16-12-10-13-17-21/h10-20,23-24,26H,6-9H2,1-5H3/t23-,24+/m1/s1. The van der Waals surface area contributed by atoms with Crippen LogP contribution in [-0.2, 0) is 36.8 Å². The molecular weight excluding hydrogens is 516 g/mol. The van der Waals surface area contributed by atoms with E-state index in [1.54, 1.807) is 58.0 Å². The normalized spacial score (nSPS) is 14.1. The molecule has 0 saturated heterocycles. The minimum atomic E-state index is -4.23. The summed E-state index contributed by atoms with van der Waals surface area (Å²) in [4.78, 5) is 17.8. The first-order valence-corrected chi connectivity index (χ1v) is 15.5. The van der Waals surface area contributed by atoms with Crippen LogP contribution in [-0.4, -0.2) is 57.2 Å². The number of esters is 1. The van der Waals surface area contributed by atoms with Gasteiger partial charge in [0.2, 0.25) is 0 Å². The van der Waals surface area contributed by atoms with E-state index in [-0.39, 0.29) is 26.4 Å². The first-order chi connectivity index (χ1) is 17.8. The van der Waals surface area contributed by atoms with Crippen molar-refractivity contribution in [2.75, 3.05) is 33.5 Å². The van der Waals surface area contributed by atoms with Crippen LogP contribution in [0.5, 0.6) is 0 Å². The number of hydrogen-bond acceptors (Lipinski definition) is 9. The summed E-state index contributed by atoms with van der Waals surface area (Å²) in [6.45, 7) is 6.62. The van der Waals surface area contributed by atoms with Gasteiger partial charge in [-0.25, -0.2) is 4.79 Å². The van der Waals surface area contributed by atoms with E-state index in [1.807, 2.05) is 30.3 Å². The van der Waals surface area contributed by atoms with E-state index in [2.05, 4.69) is 4.99 Å². The number of hydrogen-bond donors (Lipinski definition) is 0. The molecule has 0 heterocycles. The summed E-state index contributed by atoms with van der Waals surface area (Å²) in [5.41, 5.74) is 1.25. The van der Waals surface area contributed by atoms with Gasteiger partial charge in [-0.3, -0.25) is 14.1 Å². The molecule has 0 aliphatic heterocycles. The van der Waals surface area contributed by atoms with Crippen molar-refractivity contribution in [3.8, 4) is 0 Å². The van der Waals surface area contributed by atoms with Crippen LogP contribution in [0.1, 0.15) is 44.7 Å². The Morgan fingerprint density at radius 3 is 1.62 bits per heavy atom. The quantitative estimate of drug-likeness (QED) is 0.136. The fraction of sp³-hybridized carbons (Fsp3) is 0.462. The lowest BCUT2D eigenvalue weighted by Crippen LogP contribution is -2.37. The number of nitrogens with zero attached hydrogens (tertiary/aromatic N) is 1. The zero-order valence-corrected chi connectivity index (χ0v) is 23.8. The zero-order valence-electron chi connectivity index (χ0n) is 22.0. The maximum Gasteiger partial charge on any atom is 0.346 e. The summed E-state index contributed by atoms with van der Waals surface area (Å²) in [7, 11) is -7.22. The van der Waals surface area contributed by atoms with Crippen LogP contribution >= 0.6 is 15.2 Å². The van der Waals surface area contributed by atoms with Crippen LogP contribution in [0.25, 0.3) is 0 Å². The summed E-state index contributed by atoms with van der Waals surface area (Å²) < 4.78 is 56.8. The Labute approximate surface area is 219 Å². The molecule has 2 atom stereocenters. The van der Waals surface area contributed by atoms with Crippen molar-refractivity contribution in [3.05, 3.63) is 71.8 Å². The smallest absolute Gasteiger partial charge is 0.346 e. The van der Waals surface area contributed by atoms with Gasteiger partial charge in [-0.1, -0.05) is 60.7 Å². The van der Waals surface area contributed by atoms with E-state index in [0.29, 0.717) is 5.56 Å². The van der Waals surface area contributed by atoms with Crippen molar-refractivity contribution in [1.29, 1.82) is 0 Å². The van der Waals surface area contributed by atoms with Crippen molar-refractivity contribution >= 4 is 27.4 Å². The Morgan fingerprint density at radius 1 is 0.784 bits per heavy atom. The molecule has 9 nitrogen and oxygen atoms in total. The number of aliphatic imine (C=N–C) groups is 1. The van der Waals surface area contributed by atoms with Crippen LogP contribution < -0.4 is 0 Å². The maximum atomic E-state index is 14.4. The Morgan fingerprint density at radius 2 is 1.22 bits per heavy atom. The third kappa shape index (κ3) is 8.18. The van der Waals surface area contributed by atoms with Crippen LogP contribution in [0, 0.1) is 0 Å². The molecule has 37 heavy (non-hydrogen) atoms. The first kappa shape index (κ1) is 31.1. The number of ether oxygens (including phenoxy) is 1. The van der Waals surface area contributed by atoms with E-state index in [4.69, 9.17) is 22.8 Å². The molecule has 2 rings (SSSR count). The summed E-state index contributed by atoms with van der Waals surface area (Å²) in [5, 5.41) is -1.51. The van der Waals surface area contributed by atoms with Gasteiger partial charge in [-0.05, 0) is 38.8 Å². The molecule has 0 unspecified atom stereocenters. The van der Waals surface area contributed by atoms with Gasteiger partial charge in [-0.2, -0.15) is 0 Å². The molecule has 0 radical (unpaired) electrons. The molecule has 0 aliphatic carbocycles. The largest absolute Gasteiger partial charge is 0.467 e. The summed E-state index contributed by atoms with van der Waals surface area (Å²) >= 11 is 0. The molecule has 0 bridgehead atoms. The summed E-state index contributed by atoms with van der Waals surface area (Å²) in [6.07, 6.45) is 1.52. The Bertz CT molecular complexity index is 1030.